The molecule has 0 bridgehead atoms. The third-order valence-electron chi connectivity index (χ3n) is 4.49. The Morgan fingerprint density at radius 1 is 1.00 bits per heavy atom. The van der Waals surface area contributed by atoms with Crippen LogP contribution in [-0.2, 0) is 11.3 Å². The highest BCUT2D eigenvalue weighted by molar-refractivity contribution is 5.91. The van der Waals surface area contributed by atoms with Gasteiger partial charge in [-0.2, -0.15) is 0 Å². The molecular formula is C24H21NO5. The number of benzene rings is 3. The molecule has 0 spiro atoms. The second-order valence-electron chi connectivity index (χ2n) is 6.58. The molecule has 0 aliphatic heterocycles. The summed E-state index contributed by atoms with van der Waals surface area (Å²) in [6.45, 7) is 2.21. The predicted molar refractivity (Wildman–Crippen MR) is 114 cm³/mol. The molecule has 0 atom stereocenters. The number of carbonyl (C=O) groups is 2. The van der Waals surface area contributed by atoms with Crippen LogP contribution in [0.25, 0.3) is 0 Å². The lowest BCUT2D eigenvalue weighted by Gasteiger charge is -2.09. The van der Waals surface area contributed by atoms with Crippen LogP contribution in [0.5, 0.6) is 5.75 Å². The van der Waals surface area contributed by atoms with Crippen LogP contribution in [0, 0.1) is 6.92 Å². The number of aromatic carboxylic acids is 1. The van der Waals surface area contributed by atoms with Crippen molar-refractivity contribution in [1.82, 2.24) is 0 Å². The van der Waals surface area contributed by atoms with E-state index < -0.39 is 11.9 Å². The molecule has 3 aromatic rings. The minimum atomic E-state index is -0.962. The Bertz CT molecular complexity index is 1090. The Kier molecular flexibility index (Phi) is 6.60. The van der Waals surface area contributed by atoms with Gasteiger partial charge in [0.15, 0.2) is 0 Å². The van der Waals surface area contributed by atoms with Gasteiger partial charge in [-0.1, -0.05) is 30.3 Å². The van der Waals surface area contributed by atoms with E-state index in [1.54, 1.807) is 42.6 Å². The van der Waals surface area contributed by atoms with E-state index in [4.69, 9.17) is 14.6 Å². The number of aliphatic imine (C=N–C) groups is 1. The Labute approximate surface area is 174 Å². The van der Waals surface area contributed by atoms with Crippen molar-refractivity contribution in [1.29, 1.82) is 0 Å². The Hall–Kier alpha value is -3.93. The lowest BCUT2D eigenvalue weighted by Crippen LogP contribution is -2.01. The van der Waals surface area contributed by atoms with E-state index in [1.807, 2.05) is 37.3 Å². The van der Waals surface area contributed by atoms with Gasteiger partial charge in [0.25, 0.3) is 0 Å². The Morgan fingerprint density at radius 3 is 2.40 bits per heavy atom. The first-order valence-corrected chi connectivity index (χ1v) is 9.25. The van der Waals surface area contributed by atoms with Crippen LogP contribution in [0.2, 0.25) is 0 Å². The molecule has 0 unspecified atom stereocenters. The molecule has 0 saturated carbocycles. The molecule has 0 heterocycles. The molecule has 3 rings (SSSR count). The van der Waals surface area contributed by atoms with Gasteiger partial charge in [0.1, 0.15) is 12.4 Å². The number of methoxy groups -OCH3 is 1. The van der Waals surface area contributed by atoms with Crippen molar-refractivity contribution < 1.29 is 24.2 Å². The number of aryl methyl sites for hydroxylation is 1. The van der Waals surface area contributed by atoms with E-state index in [2.05, 4.69) is 4.99 Å². The van der Waals surface area contributed by atoms with Crippen LogP contribution in [0.4, 0.5) is 5.69 Å². The average Bonchev–Trinajstić information content (AvgIpc) is 2.77. The van der Waals surface area contributed by atoms with Crippen LogP contribution in [0.1, 0.15) is 37.4 Å². The van der Waals surface area contributed by atoms with Crippen molar-refractivity contribution in [2.45, 2.75) is 13.5 Å². The standard InChI is InChI=1S/C24H21NO5/c1-16-7-10-19(24(28)29-2)13-21(16)25-14-20-5-3-4-6-22(20)30-15-17-8-11-18(12-9-17)23(26)27/h3-14H,15H2,1-2H3,(H,26,27). The van der Waals surface area contributed by atoms with Crippen LogP contribution in [0.15, 0.2) is 71.7 Å². The van der Waals surface area contributed by atoms with Crippen LogP contribution >= 0.6 is 0 Å². The molecule has 30 heavy (non-hydrogen) atoms. The molecule has 1 N–H and O–H groups in total. The highest BCUT2D eigenvalue weighted by atomic mass is 16.5. The first kappa shape index (κ1) is 20.8. The topological polar surface area (TPSA) is 85.2 Å². The second kappa shape index (κ2) is 9.52. The highest BCUT2D eigenvalue weighted by Gasteiger charge is 2.08. The maximum atomic E-state index is 11.8. The number of carboxylic acid groups (broad SMARTS) is 1. The van der Waals surface area contributed by atoms with Gasteiger partial charge in [0.05, 0.1) is 23.9 Å². The SMILES string of the molecule is COC(=O)c1ccc(C)c(N=Cc2ccccc2OCc2ccc(C(=O)O)cc2)c1. The smallest absolute Gasteiger partial charge is 0.337 e. The third kappa shape index (κ3) is 5.11. The molecule has 0 aliphatic rings. The predicted octanol–water partition coefficient (Wildman–Crippen LogP) is 4.81. The summed E-state index contributed by atoms with van der Waals surface area (Å²) in [6, 6.07) is 19.2. The van der Waals surface area contributed by atoms with Crippen molar-refractivity contribution in [2.75, 3.05) is 7.11 Å². The molecule has 6 heteroatoms. The number of carbonyl (C=O) groups excluding carboxylic acids is 1. The van der Waals surface area contributed by atoms with Crippen LogP contribution < -0.4 is 4.74 Å². The summed E-state index contributed by atoms with van der Waals surface area (Å²) in [5.41, 5.74) is 3.89. The summed E-state index contributed by atoms with van der Waals surface area (Å²) >= 11 is 0. The normalized spacial score (nSPS) is 10.7. The number of nitrogens with zero attached hydrogens (tertiary/aromatic N) is 1. The average molecular weight is 403 g/mol. The zero-order chi connectivity index (χ0) is 21.5. The van der Waals surface area contributed by atoms with Gasteiger partial charge >= 0.3 is 11.9 Å². The Balaban J connectivity index is 1.77. The Morgan fingerprint density at radius 2 is 1.70 bits per heavy atom. The monoisotopic (exact) mass is 403 g/mol. The molecule has 6 nitrogen and oxygen atoms in total. The quantitative estimate of drug-likeness (QED) is 0.452. The molecule has 0 amide bonds. The zero-order valence-electron chi connectivity index (χ0n) is 16.7. The number of para-hydroxylation sites is 1. The number of carboxylic acids is 1. The van der Waals surface area contributed by atoms with Gasteiger partial charge in [-0.3, -0.25) is 4.99 Å². The van der Waals surface area contributed by atoms with Gasteiger partial charge < -0.3 is 14.6 Å². The number of hydrogen-bond donors (Lipinski definition) is 1. The highest BCUT2D eigenvalue weighted by Crippen LogP contribution is 2.23. The van der Waals surface area contributed by atoms with Gasteiger partial charge in [-0.05, 0) is 54.4 Å². The molecular weight excluding hydrogens is 382 g/mol. The molecule has 3 aromatic carbocycles. The summed E-state index contributed by atoms with van der Waals surface area (Å²) in [4.78, 5) is 27.2. The molecule has 152 valence electrons. The van der Waals surface area contributed by atoms with E-state index in [0.717, 1.165) is 16.7 Å². The van der Waals surface area contributed by atoms with Crippen molar-refractivity contribution in [2.24, 2.45) is 4.99 Å². The fourth-order valence-electron chi connectivity index (χ4n) is 2.76. The lowest BCUT2D eigenvalue weighted by atomic mass is 10.1. The first-order chi connectivity index (χ1) is 14.5. The molecule has 0 fully saturated rings. The molecule has 0 aliphatic carbocycles. The van der Waals surface area contributed by atoms with Crippen LogP contribution in [0.3, 0.4) is 0 Å². The van der Waals surface area contributed by atoms with Gasteiger partial charge in [0.2, 0.25) is 0 Å². The van der Waals surface area contributed by atoms with E-state index in [0.29, 0.717) is 23.6 Å². The molecule has 0 aromatic heterocycles. The summed E-state index contributed by atoms with van der Waals surface area (Å²) in [7, 11) is 1.34. The number of esters is 1. The fourth-order valence-corrected chi connectivity index (χ4v) is 2.76. The summed E-state index contributed by atoms with van der Waals surface area (Å²) in [6.07, 6.45) is 1.69. The van der Waals surface area contributed by atoms with Gasteiger partial charge in [0, 0.05) is 11.8 Å². The summed E-state index contributed by atoms with van der Waals surface area (Å²) < 4.78 is 10.7. The summed E-state index contributed by atoms with van der Waals surface area (Å²) in [5, 5.41) is 8.98. The van der Waals surface area contributed by atoms with Crippen LogP contribution in [-0.4, -0.2) is 30.4 Å². The minimum absolute atomic E-state index is 0.232. The lowest BCUT2D eigenvalue weighted by molar-refractivity contribution is 0.0600. The molecule has 0 saturated heterocycles. The second-order valence-corrected chi connectivity index (χ2v) is 6.58. The number of rotatable bonds is 7. The molecule has 0 radical (unpaired) electrons. The number of ether oxygens (including phenoxy) is 2. The van der Waals surface area contributed by atoms with Crippen molar-refractivity contribution in [3.8, 4) is 5.75 Å². The minimum Gasteiger partial charge on any atom is -0.488 e. The third-order valence-corrected chi connectivity index (χ3v) is 4.49. The zero-order valence-corrected chi connectivity index (χ0v) is 16.7. The van der Waals surface area contributed by atoms with E-state index in [1.165, 1.54) is 7.11 Å². The number of hydrogen-bond acceptors (Lipinski definition) is 5. The van der Waals surface area contributed by atoms with Gasteiger partial charge in [-0.25, -0.2) is 9.59 Å². The maximum absolute atomic E-state index is 11.8. The largest absolute Gasteiger partial charge is 0.488 e. The maximum Gasteiger partial charge on any atom is 0.337 e. The van der Waals surface area contributed by atoms with Crippen molar-refractivity contribution in [3.05, 3.63) is 94.5 Å². The van der Waals surface area contributed by atoms with Gasteiger partial charge in [-0.15, -0.1) is 0 Å². The van der Waals surface area contributed by atoms with E-state index in [-0.39, 0.29) is 5.56 Å². The van der Waals surface area contributed by atoms with Crippen molar-refractivity contribution >= 4 is 23.8 Å². The van der Waals surface area contributed by atoms with E-state index >= 15 is 0 Å². The van der Waals surface area contributed by atoms with E-state index in [9.17, 15) is 9.59 Å². The fraction of sp³-hybridized carbons (Fsp3) is 0.125. The first-order valence-electron chi connectivity index (χ1n) is 9.25. The summed E-state index contributed by atoms with van der Waals surface area (Å²) in [5.74, 6) is -0.731. The van der Waals surface area contributed by atoms with Crippen molar-refractivity contribution in [3.63, 3.8) is 0 Å².